The first kappa shape index (κ1) is 51.6. The topological polar surface area (TPSA) is 169 Å². The second-order valence-corrected chi connectivity index (χ2v) is 14.9. The number of allylic oxidation sites excluding steroid dienone is 9. The van der Waals surface area contributed by atoms with Crippen LogP contribution in [0.3, 0.4) is 0 Å². The highest BCUT2D eigenvalue weighted by Gasteiger charge is 2.27. The lowest BCUT2D eigenvalue weighted by Gasteiger charge is -2.20. The van der Waals surface area contributed by atoms with Crippen LogP contribution in [0.25, 0.3) is 0 Å². The standard InChI is InChI=1S/C42H73O11P/c1-3-5-7-9-11-13-15-17-19-21-23-25-27-30-38(44)31-29-33-42(47)53-40(37-52-54(48,49)51-35-39(45)34-43)36-50-41(46)32-28-26-24-22-20-18-16-14-12-10-8-6-4-2/h5,7,11,13,17,19,23,25,27,30,38-40,43-45H,3-4,6,8-10,12,14-16,18,20-22,24,26,28-29,31-37H2,1-2H3,(H,48,49). The maximum Gasteiger partial charge on any atom is 0.472 e. The van der Waals surface area contributed by atoms with Crippen LogP contribution < -0.4 is 0 Å². The average Bonchev–Trinajstić information content (AvgIpc) is 3.15. The van der Waals surface area contributed by atoms with Gasteiger partial charge in [-0.05, 0) is 44.9 Å². The van der Waals surface area contributed by atoms with E-state index in [1.807, 2.05) is 12.2 Å². The SMILES string of the molecule is CCC=CCC=CCC=CCC=CC=CC(O)CCCC(=O)OC(COC(=O)CCCCCCCCCCCCCCC)COP(=O)(O)OCC(O)CO. The van der Waals surface area contributed by atoms with E-state index in [2.05, 4.69) is 54.8 Å². The maximum absolute atomic E-state index is 12.6. The van der Waals surface area contributed by atoms with Gasteiger partial charge in [0, 0.05) is 12.8 Å². The lowest BCUT2D eigenvalue weighted by Crippen LogP contribution is -2.30. The summed E-state index contributed by atoms with van der Waals surface area (Å²) in [6.07, 6.45) is 36.5. The summed E-state index contributed by atoms with van der Waals surface area (Å²) in [4.78, 5) is 34.9. The number of aliphatic hydroxyl groups excluding tert-OH is 3. The predicted octanol–water partition coefficient (Wildman–Crippen LogP) is 9.30. The van der Waals surface area contributed by atoms with Crippen molar-refractivity contribution in [1.82, 2.24) is 0 Å². The molecule has 0 rings (SSSR count). The summed E-state index contributed by atoms with van der Waals surface area (Å²) in [5.41, 5.74) is 0. The predicted molar refractivity (Wildman–Crippen MR) is 216 cm³/mol. The maximum atomic E-state index is 12.6. The van der Waals surface area contributed by atoms with E-state index in [0.717, 1.165) is 44.9 Å². The van der Waals surface area contributed by atoms with Gasteiger partial charge in [0.1, 0.15) is 12.7 Å². The van der Waals surface area contributed by atoms with Crippen molar-refractivity contribution in [3.63, 3.8) is 0 Å². The minimum atomic E-state index is -4.67. The van der Waals surface area contributed by atoms with Gasteiger partial charge in [-0.1, -0.05) is 152 Å². The fraction of sp³-hybridized carbons (Fsp3) is 0.714. The summed E-state index contributed by atoms with van der Waals surface area (Å²) >= 11 is 0. The summed E-state index contributed by atoms with van der Waals surface area (Å²) in [6, 6.07) is 0. The number of carbonyl (C=O) groups excluding carboxylic acids is 2. The van der Waals surface area contributed by atoms with E-state index < -0.39 is 57.9 Å². The Morgan fingerprint density at radius 3 is 1.72 bits per heavy atom. The quantitative estimate of drug-likeness (QED) is 0.0156. The first-order valence-electron chi connectivity index (χ1n) is 20.4. The average molecular weight is 785 g/mol. The van der Waals surface area contributed by atoms with Gasteiger partial charge in [-0.15, -0.1) is 0 Å². The Hall–Kier alpha value is -2.37. The van der Waals surface area contributed by atoms with Gasteiger partial charge in [-0.2, -0.15) is 0 Å². The second-order valence-electron chi connectivity index (χ2n) is 13.5. The molecule has 12 heteroatoms. The smallest absolute Gasteiger partial charge is 0.462 e. The zero-order valence-corrected chi connectivity index (χ0v) is 34.2. The molecule has 0 spiro atoms. The van der Waals surface area contributed by atoms with Crippen LogP contribution >= 0.6 is 7.82 Å². The number of unbranched alkanes of at least 4 members (excludes halogenated alkanes) is 12. The number of esters is 2. The molecule has 0 aliphatic carbocycles. The highest BCUT2D eigenvalue weighted by atomic mass is 31.2. The minimum Gasteiger partial charge on any atom is -0.462 e. The molecule has 0 aromatic heterocycles. The Kier molecular flexibility index (Phi) is 35.9. The molecule has 0 aromatic rings. The zero-order chi connectivity index (χ0) is 40.0. The van der Waals surface area contributed by atoms with E-state index in [1.54, 1.807) is 12.2 Å². The number of carbonyl (C=O) groups is 2. The van der Waals surface area contributed by atoms with Crippen molar-refractivity contribution in [2.75, 3.05) is 26.4 Å². The third-order valence-corrected chi connectivity index (χ3v) is 9.24. The third kappa shape index (κ3) is 36.6. The Morgan fingerprint density at radius 2 is 1.15 bits per heavy atom. The molecule has 0 bridgehead atoms. The Morgan fingerprint density at radius 1 is 0.630 bits per heavy atom. The summed E-state index contributed by atoms with van der Waals surface area (Å²) < 4.78 is 32.5. The molecule has 4 N–H and O–H groups in total. The summed E-state index contributed by atoms with van der Waals surface area (Å²) in [6.45, 7) is 2.02. The van der Waals surface area contributed by atoms with Gasteiger partial charge in [0.25, 0.3) is 0 Å². The largest absolute Gasteiger partial charge is 0.472 e. The van der Waals surface area contributed by atoms with Gasteiger partial charge < -0.3 is 29.7 Å². The molecule has 4 unspecified atom stereocenters. The van der Waals surface area contributed by atoms with E-state index >= 15 is 0 Å². The van der Waals surface area contributed by atoms with Crippen LogP contribution in [0.1, 0.15) is 149 Å². The molecule has 0 fully saturated rings. The van der Waals surface area contributed by atoms with Crippen molar-refractivity contribution in [2.45, 2.75) is 167 Å². The van der Waals surface area contributed by atoms with Crippen molar-refractivity contribution >= 4 is 19.8 Å². The van der Waals surface area contributed by atoms with E-state index in [-0.39, 0.29) is 19.4 Å². The first-order valence-corrected chi connectivity index (χ1v) is 21.8. The van der Waals surface area contributed by atoms with Gasteiger partial charge >= 0.3 is 19.8 Å². The number of phosphoric ester groups is 1. The normalized spacial score (nSPS) is 15.1. The molecule has 0 amide bonds. The fourth-order valence-electron chi connectivity index (χ4n) is 5.14. The molecule has 312 valence electrons. The first-order chi connectivity index (χ1) is 26.1. The molecule has 11 nitrogen and oxygen atoms in total. The van der Waals surface area contributed by atoms with Gasteiger partial charge in [-0.25, -0.2) is 4.57 Å². The van der Waals surface area contributed by atoms with Crippen molar-refractivity contribution in [1.29, 1.82) is 0 Å². The molecule has 0 saturated heterocycles. The number of ether oxygens (including phenoxy) is 2. The molecule has 0 aliphatic heterocycles. The third-order valence-electron chi connectivity index (χ3n) is 8.29. The molecule has 0 aromatic carbocycles. The zero-order valence-electron chi connectivity index (χ0n) is 33.3. The molecule has 0 heterocycles. The summed E-state index contributed by atoms with van der Waals surface area (Å²) in [5.74, 6) is -1.13. The molecular weight excluding hydrogens is 711 g/mol. The Labute approximate surface area is 326 Å². The Bertz CT molecular complexity index is 1100. The van der Waals surface area contributed by atoms with E-state index in [4.69, 9.17) is 19.1 Å². The highest BCUT2D eigenvalue weighted by Crippen LogP contribution is 2.43. The number of phosphoric acid groups is 1. The van der Waals surface area contributed by atoms with Crippen LogP contribution in [0.5, 0.6) is 0 Å². The molecule has 4 atom stereocenters. The van der Waals surface area contributed by atoms with Crippen LogP contribution in [0, 0.1) is 0 Å². The van der Waals surface area contributed by atoms with Gasteiger partial charge in [0.2, 0.25) is 0 Å². The molecule has 0 saturated carbocycles. The number of hydrogen-bond acceptors (Lipinski definition) is 10. The summed E-state index contributed by atoms with van der Waals surface area (Å²) in [5, 5.41) is 28.6. The Balaban J connectivity index is 4.56. The van der Waals surface area contributed by atoms with E-state index in [0.29, 0.717) is 19.3 Å². The van der Waals surface area contributed by atoms with Crippen molar-refractivity contribution in [2.24, 2.45) is 0 Å². The molecular formula is C42H73O11P. The number of rotatable bonds is 37. The van der Waals surface area contributed by atoms with Crippen LogP contribution in [-0.4, -0.2) is 76.9 Å². The van der Waals surface area contributed by atoms with Crippen LogP contribution in [-0.2, 0) is 32.7 Å². The van der Waals surface area contributed by atoms with Crippen LogP contribution in [0.4, 0.5) is 0 Å². The highest BCUT2D eigenvalue weighted by molar-refractivity contribution is 7.47. The lowest BCUT2D eigenvalue weighted by atomic mass is 10.0. The molecule has 54 heavy (non-hydrogen) atoms. The van der Waals surface area contributed by atoms with Crippen LogP contribution in [0.2, 0.25) is 0 Å². The van der Waals surface area contributed by atoms with Crippen LogP contribution in [0.15, 0.2) is 60.8 Å². The van der Waals surface area contributed by atoms with Crippen molar-refractivity contribution < 1.29 is 52.9 Å². The summed E-state index contributed by atoms with van der Waals surface area (Å²) in [7, 11) is -4.67. The lowest BCUT2D eigenvalue weighted by molar-refractivity contribution is -0.161. The monoisotopic (exact) mass is 784 g/mol. The minimum absolute atomic E-state index is 0.0474. The van der Waals surface area contributed by atoms with Crippen molar-refractivity contribution in [3.05, 3.63) is 60.8 Å². The van der Waals surface area contributed by atoms with Crippen molar-refractivity contribution in [3.8, 4) is 0 Å². The van der Waals surface area contributed by atoms with E-state index in [1.165, 1.54) is 57.8 Å². The van der Waals surface area contributed by atoms with Gasteiger partial charge in [0.05, 0.1) is 25.9 Å². The van der Waals surface area contributed by atoms with Gasteiger partial charge in [-0.3, -0.25) is 18.6 Å². The number of hydrogen-bond donors (Lipinski definition) is 4. The number of aliphatic hydroxyl groups is 3. The second kappa shape index (κ2) is 37.5. The molecule has 0 radical (unpaired) electrons. The van der Waals surface area contributed by atoms with Gasteiger partial charge in [0.15, 0.2) is 6.10 Å². The molecule has 0 aliphatic rings. The fourth-order valence-corrected chi connectivity index (χ4v) is 5.93. The van der Waals surface area contributed by atoms with E-state index in [9.17, 15) is 29.3 Å².